The van der Waals surface area contributed by atoms with E-state index in [1.54, 1.807) is 0 Å². The highest BCUT2D eigenvalue weighted by molar-refractivity contribution is 5.56. The van der Waals surface area contributed by atoms with E-state index in [2.05, 4.69) is 49.2 Å². The molecule has 2 saturated heterocycles. The van der Waals surface area contributed by atoms with Crippen LogP contribution in [-0.2, 0) is 9.47 Å². The summed E-state index contributed by atoms with van der Waals surface area (Å²) in [6.07, 6.45) is 2.59. The van der Waals surface area contributed by atoms with Gasteiger partial charge >= 0.3 is 0 Å². The molecule has 0 aromatic heterocycles. The van der Waals surface area contributed by atoms with Crippen LogP contribution in [-0.4, -0.2) is 51.1 Å². The summed E-state index contributed by atoms with van der Waals surface area (Å²) in [6.45, 7) is 11.0. The number of piperidine rings is 1. The second kappa shape index (κ2) is 7.65. The monoisotopic (exact) mass is 318 g/mol. The van der Waals surface area contributed by atoms with Gasteiger partial charge in [0.15, 0.2) is 0 Å². The number of nitrogens with zero attached hydrogens (tertiary/aromatic N) is 1. The second-order valence-corrected chi connectivity index (χ2v) is 6.78. The van der Waals surface area contributed by atoms with E-state index in [1.165, 1.54) is 29.7 Å². The third kappa shape index (κ3) is 3.87. The summed E-state index contributed by atoms with van der Waals surface area (Å²) in [5.74, 6) is 0. The zero-order chi connectivity index (χ0) is 16.2. The van der Waals surface area contributed by atoms with Gasteiger partial charge in [0.2, 0.25) is 0 Å². The van der Waals surface area contributed by atoms with Crippen LogP contribution in [0.1, 0.15) is 30.9 Å². The normalized spacial score (nSPS) is 26.0. The summed E-state index contributed by atoms with van der Waals surface area (Å²) in [4.78, 5) is 2.53. The predicted molar refractivity (Wildman–Crippen MR) is 94.3 cm³/mol. The molecule has 0 amide bonds. The smallest absolute Gasteiger partial charge is 0.0983 e. The van der Waals surface area contributed by atoms with Crippen molar-refractivity contribution in [2.45, 2.75) is 51.8 Å². The van der Waals surface area contributed by atoms with Crippen molar-refractivity contribution < 1.29 is 9.47 Å². The van der Waals surface area contributed by atoms with Crippen LogP contribution in [0.3, 0.4) is 0 Å². The molecule has 4 nitrogen and oxygen atoms in total. The van der Waals surface area contributed by atoms with Crippen molar-refractivity contribution >= 4 is 5.69 Å². The quantitative estimate of drug-likeness (QED) is 0.905. The Kier molecular flexibility index (Phi) is 5.57. The Hall–Kier alpha value is -1.10. The molecular formula is C19H30N2O2. The van der Waals surface area contributed by atoms with E-state index in [-0.39, 0.29) is 6.10 Å². The first-order valence-corrected chi connectivity index (χ1v) is 8.95. The van der Waals surface area contributed by atoms with E-state index < -0.39 is 0 Å². The average Bonchev–Trinajstić information content (AvgIpc) is 2.98. The van der Waals surface area contributed by atoms with Gasteiger partial charge in [-0.15, -0.1) is 0 Å². The minimum absolute atomic E-state index is 0.219. The summed E-state index contributed by atoms with van der Waals surface area (Å²) >= 11 is 0. The van der Waals surface area contributed by atoms with E-state index >= 15 is 0 Å². The molecule has 2 aliphatic rings. The number of hydrogen-bond acceptors (Lipinski definition) is 4. The molecule has 0 bridgehead atoms. The lowest BCUT2D eigenvalue weighted by Gasteiger charge is -2.36. The van der Waals surface area contributed by atoms with Crippen LogP contribution < -0.4 is 10.2 Å². The van der Waals surface area contributed by atoms with Gasteiger partial charge in [-0.2, -0.15) is 0 Å². The fraction of sp³-hybridized carbons (Fsp3) is 0.684. The van der Waals surface area contributed by atoms with Gasteiger partial charge in [0.1, 0.15) is 0 Å². The van der Waals surface area contributed by atoms with Crippen LogP contribution in [0.4, 0.5) is 5.69 Å². The van der Waals surface area contributed by atoms with Crippen molar-refractivity contribution in [2.24, 2.45) is 0 Å². The molecule has 1 N–H and O–H groups in total. The van der Waals surface area contributed by atoms with Crippen molar-refractivity contribution in [3.63, 3.8) is 0 Å². The SMILES string of the molecule is CCO[C@H]1COC[C@@H]1NC1CCN(c2cccc(C)c2C)CC1. The second-order valence-electron chi connectivity index (χ2n) is 6.78. The molecule has 0 saturated carbocycles. The van der Waals surface area contributed by atoms with Gasteiger partial charge in [-0.25, -0.2) is 0 Å². The van der Waals surface area contributed by atoms with E-state index in [0.29, 0.717) is 12.1 Å². The minimum atomic E-state index is 0.219. The molecule has 2 aliphatic heterocycles. The molecule has 1 aromatic rings. The Morgan fingerprint density at radius 2 is 2.00 bits per heavy atom. The predicted octanol–water partition coefficient (Wildman–Crippen LogP) is 2.67. The molecule has 0 unspecified atom stereocenters. The molecule has 2 atom stereocenters. The van der Waals surface area contributed by atoms with Crippen LogP contribution in [0.5, 0.6) is 0 Å². The lowest BCUT2D eigenvalue weighted by molar-refractivity contribution is 0.0392. The third-order valence-electron chi connectivity index (χ3n) is 5.27. The minimum Gasteiger partial charge on any atom is -0.377 e. The summed E-state index contributed by atoms with van der Waals surface area (Å²) in [5.41, 5.74) is 4.20. The average molecular weight is 318 g/mol. The van der Waals surface area contributed by atoms with Crippen molar-refractivity contribution in [1.82, 2.24) is 5.32 Å². The molecule has 2 fully saturated rings. The van der Waals surface area contributed by atoms with E-state index in [0.717, 1.165) is 32.9 Å². The Labute approximate surface area is 140 Å². The van der Waals surface area contributed by atoms with Gasteiger partial charge in [0, 0.05) is 31.4 Å². The van der Waals surface area contributed by atoms with Gasteiger partial charge in [0.05, 0.1) is 25.4 Å². The molecule has 2 heterocycles. The summed E-state index contributed by atoms with van der Waals surface area (Å²) < 4.78 is 11.4. The van der Waals surface area contributed by atoms with Gasteiger partial charge in [0.25, 0.3) is 0 Å². The third-order valence-corrected chi connectivity index (χ3v) is 5.27. The molecule has 128 valence electrons. The van der Waals surface area contributed by atoms with E-state index in [9.17, 15) is 0 Å². The number of aryl methyl sites for hydroxylation is 1. The topological polar surface area (TPSA) is 33.7 Å². The number of ether oxygens (including phenoxy) is 2. The number of anilines is 1. The highest BCUT2D eigenvalue weighted by Crippen LogP contribution is 2.26. The van der Waals surface area contributed by atoms with E-state index in [4.69, 9.17) is 9.47 Å². The van der Waals surface area contributed by atoms with Gasteiger partial charge in [-0.1, -0.05) is 12.1 Å². The maximum absolute atomic E-state index is 5.78. The molecule has 23 heavy (non-hydrogen) atoms. The Bertz CT molecular complexity index is 512. The maximum Gasteiger partial charge on any atom is 0.0983 e. The zero-order valence-corrected chi connectivity index (χ0v) is 14.7. The molecular weight excluding hydrogens is 288 g/mol. The highest BCUT2D eigenvalue weighted by Gasteiger charge is 2.31. The lowest BCUT2D eigenvalue weighted by atomic mass is 10.0. The summed E-state index contributed by atoms with van der Waals surface area (Å²) in [7, 11) is 0. The summed E-state index contributed by atoms with van der Waals surface area (Å²) in [5, 5.41) is 3.77. The van der Waals surface area contributed by atoms with Gasteiger partial charge < -0.3 is 19.7 Å². The molecule has 0 radical (unpaired) electrons. The molecule has 1 aromatic carbocycles. The summed E-state index contributed by atoms with van der Waals surface area (Å²) in [6, 6.07) is 7.55. The number of rotatable bonds is 5. The highest BCUT2D eigenvalue weighted by atomic mass is 16.5. The van der Waals surface area contributed by atoms with Crippen molar-refractivity contribution in [2.75, 3.05) is 37.8 Å². The van der Waals surface area contributed by atoms with Gasteiger partial charge in [-0.3, -0.25) is 0 Å². The first-order valence-electron chi connectivity index (χ1n) is 8.95. The fourth-order valence-electron chi connectivity index (χ4n) is 3.74. The standard InChI is InChI=1S/C19H30N2O2/c1-4-23-19-13-22-12-17(19)20-16-8-10-21(11-9-16)18-7-5-6-14(2)15(18)3/h5-7,16-17,19-20H,4,8-13H2,1-3H3/t17-,19-/m0/s1. The van der Waals surface area contributed by atoms with Crippen LogP contribution >= 0.6 is 0 Å². The first-order chi connectivity index (χ1) is 11.2. The van der Waals surface area contributed by atoms with Crippen LogP contribution in [0.15, 0.2) is 18.2 Å². The lowest BCUT2D eigenvalue weighted by Crippen LogP contribution is -2.50. The number of benzene rings is 1. The van der Waals surface area contributed by atoms with Crippen molar-refractivity contribution in [1.29, 1.82) is 0 Å². The van der Waals surface area contributed by atoms with Gasteiger partial charge in [-0.05, 0) is 50.8 Å². The van der Waals surface area contributed by atoms with Crippen molar-refractivity contribution in [3.8, 4) is 0 Å². The van der Waals surface area contributed by atoms with Crippen LogP contribution in [0.25, 0.3) is 0 Å². The zero-order valence-electron chi connectivity index (χ0n) is 14.7. The maximum atomic E-state index is 5.78. The first kappa shape index (κ1) is 16.7. The number of nitrogens with one attached hydrogen (secondary N) is 1. The van der Waals surface area contributed by atoms with E-state index in [1.807, 2.05) is 0 Å². The molecule has 4 heteroatoms. The Balaban J connectivity index is 1.53. The fourth-order valence-corrected chi connectivity index (χ4v) is 3.74. The molecule has 3 rings (SSSR count). The Morgan fingerprint density at radius 1 is 1.22 bits per heavy atom. The largest absolute Gasteiger partial charge is 0.377 e. The van der Waals surface area contributed by atoms with Crippen molar-refractivity contribution in [3.05, 3.63) is 29.3 Å². The molecule has 0 aliphatic carbocycles. The Morgan fingerprint density at radius 3 is 2.74 bits per heavy atom. The van der Waals surface area contributed by atoms with Crippen LogP contribution in [0.2, 0.25) is 0 Å². The van der Waals surface area contributed by atoms with Crippen LogP contribution in [0, 0.1) is 13.8 Å². The number of hydrogen-bond donors (Lipinski definition) is 1. The molecule has 0 spiro atoms.